The molecule has 2 atom stereocenters. The van der Waals surface area contributed by atoms with E-state index in [9.17, 15) is 0 Å². The molecule has 0 radical (unpaired) electrons. The quantitative estimate of drug-likeness (QED) is 0.874. The molecule has 0 saturated carbocycles. The molecule has 1 aliphatic carbocycles. The van der Waals surface area contributed by atoms with Gasteiger partial charge < -0.3 is 5.32 Å². The van der Waals surface area contributed by atoms with Crippen LogP contribution in [0.5, 0.6) is 0 Å². The predicted molar refractivity (Wildman–Crippen MR) is 78.4 cm³/mol. The van der Waals surface area contributed by atoms with Crippen molar-refractivity contribution < 1.29 is 0 Å². The minimum atomic E-state index is 0.762. The summed E-state index contributed by atoms with van der Waals surface area (Å²) in [6, 6.07) is 12.3. The number of benzene rings is 1. The highest BCUT2D eigenvalue weighted by Crippen LogP contribution is 2.40. The van der Waals surface area contributed by atoms with Gasteiger partial charge in [0.15, 0.2) is 0 Å². The van der Waals surface area contributed by atoms with Crippen LogP contribution in [0.2, 0.25) is 0 Å². The lowest BCUT2D eigenvalue weighted by Gasteiger charge is -2.42. The van der Waals surface area contributed by atoms with Crippen molar-refractivity contribution in [1.82, 2.24) is 10.2 Å². The lowest BCUT2D eigenvalue weighted by atomic mass is 9.95. The number of fused-ring (bicyclic) bond motifs is 3. The summed E-state index contributed by atoms with van der Waals surface area (Å²) in [4.78, 5) is 2.90. The minimum absolute atomic E-state index is 0.762. The smallest absolute Gasteiger partial charge is 0.0182 e. The SMILES string of the molecule is CNC1CC2CCC(C1)N2C1Cc2ccccc2C1. The van der Waals surface area contributed by atoms with Crippen LogP contribution in [0, 0.1) is 0 Å². The molecule has 2 fully saturated rings. The van der Waals surface area contributed by atoms with E-state index in [4.69, 9.17) is 0 Å². The van der Waals surface area contributed by atoms with E-state index in [-0.39, 0.29) is 0 Å². The number of hydrogen-bond acceptors (Lipinski definition) is 2. The molecule has 2 heterocycles. The number of hydrogen-bond donors (Lipinski definition) is 1. The average molecular weight is 256 g/mol. The Morgan fingerprint density at radius 1 is 0.947 bits per heavy atom. The molecular weight excluding hydrogens is 232 g/mol. The number of nitrogens with one attached hydrogen (secondary N) is 1. The first-order valence-corrected chi connectivity index (χ1v) is 7.86. The first-order chi connectivity index (χ1) is 9.35. The molecule has 2 aliphatic heterocycles. The van der Waals surface area contributed by atoms with Gasteiger partial charge in [0.1, 0.15) is 0 Å². The van der Waals surface area contributed by atoms with Gasteiger partial charge in [-0.2, -0.15) is 0 Å². The van der Waals surface area contributed by atoms with Gasteiger partial charge in [0.25, 0.3) is 0 Å². The molecule has 2 saturated heterocycles. The highest BCUT2D eigenvalue weighted by molar-refractivity contribution is 5.33. The van der Waals surface area contributed by atoms with Crippen LogP contribution in [-0.2, 0) is 12.8 Å². The zero-order valence-corrected chi connectivity index (χ0v) is 11.8. The van der Waals surface area contributed by atoms with Crippen LogP contribution in [0.25, 0.3) is 0 Å². The summed E-state index contributed by atoms with van der Waals surface area (Å²) in [5.74, 6) is 0. The van der Waals surface area contributed by atoms with Crippen molar-refractivity contribution in [3.63, 3.8) is 0 Å². The molecule has 0 aromatic heterocycles. The Balaban J connectivity index is 1.53. The van der Waals surface area contributed by atoms with Crippen LogP contribution < -0.4 is 5.32 Å². The summed E-state index contributed by atoms with van der Waals surface area (Å²) in [7, 11) is 2.13. The van der Waals surface area contributed by atoms with Crippen molar-refractivity contribution in [2.24, 2.45) is 0 Å². The number of rotatable bonds is 2. The van der Waals surface area contributed by atoms with E-state index < -0.39 is 0 Å². The van der Waals surface area contributed by atoms with E-state index in [0.717, 1.165) is 24.2 Å². The number of nitrogens with zero attached hydrogens (tertiary/aromatic N) is 1. The lowest BCUT2D eigenvalue weighted by molar-refractivity contribution is 0.0755. The van der Waals surface area contributed by atoms with Crippen LogP contribution >= 0.6 is 0 Å². The zero-order valence-electron chi connectivity index (χ0n) is 11.8. The molecule has 4 rings (SSSR count). The van der Waals surface area contributed by atoms with Gasteiger partial charge in [-0.15, -0.1) is 0 Å². The highest BCUT2D eigenvalue weighted by Gasteiger charge is 2.44. The molecule has 1 aromatic rings. The molecule has 3 aliphatic rings. The van der Waals surface area contributed by atoms with Gasteiger partial charge in [-0.1, -0.05) is 24.3 Å². The van der Waals surface area contributed by atoms with Gasteiger partial charge >= 0.3 is 0 Å². The Kier molecular flexibility index (Phi) is 2.89. The van der Waals surface area contributed by atoms with Crippen LogP contribution in [0.4, 0.5) is 0 Å². The Morgan fingerprint density at radius 2 is 1.53 bits per heavy atom. The summed E-state index contributed by atoms with van der Waals surface area (Å²) >= 11 is 0. The second kappa shape index (κ2) is 4.60. The fourth-order valence-corrected chi connectivity index (χ4v) is 4.79. The summed E-state index contributed by atoms with van der Waals surface area (Å²) in [6.45, 7) is 0. The first-order valence-electron chi connectivity index (χ1n) is 7.86. The van der Waals surface area contributed by atoms with Gasteiger partial charge in [0.05, 0.1) is 0 Å². The Morgan fingerprint density at radius 3 is 2.05 bits per heavy atom. The minimum Gasteiger partial charge on any atom is -0.317 e. The third-order valence-electron chi connectivity index (χ3n) is 5.65. The number of piperidine rings is 1. The monoisotopic (exact) mass is 256 g/mol. The topological polar surface area (TPSA) is 15.3 Å². The summed E-state index contributed by atoms with van der Waals surface area (Å²) in [5, 5.41) is 3.51. The van der Waals surface area contributed by atoms with Gasteiger partial charge in [-0.05, 0) is 56.7 Å². The van der Waals surface area contributed by atoms with Crippen molar-refractivity contribution in [3.05, 3.63) is 35.4 Å². The first kappa shape index (κ1) is 11.9. The molecule has 19 heavy (non-hydrogen) atoms. The maximum Gasteiger partial charge on any atom is 0.0182 e. The molecule has 2 unspecified atom stereocenters. The fourth-order valence-electron chi connectivity index (χ4n) is 4.79. The van der Waals surface area contributed by atoms with Crippen LogP contribution in [0.1, 0.15) is 36.8 Å². The largest absolute Gasteiger partial charge is 0.317 e. The molecule has 0 spiro atoms. The van der Waals surface area contributed by atoms with Crippen LogP contribution in [-0.4, -0.2) is 36.1 Å². The van der Waals surface area contributed by atoms with E-state index in [1.54, 1.807) is 11.1 Å². The molecular formula is C17H24N2. The fraction of sp³-hybridized carbons (Fsp3) is 0.647. The third-order valence-corrected chi connectivity index (χ3v) is 5.65. The van der Waals surface area contributed by atoms with Crippen molar-refractivity contribution >= 4 is 0 Å². The van der Waals surface area contributed by atoms with E-state index in [1.807, 2.05) is 0 Å². The van der Waals surface area contributed by atoms with Crippen LogP contribution in [0.15, 0.2) is 24.3 Å². The third kappa shape index (κ3) is 1.93. The molecule has 2 bridgehead atoms. The average Bonchev–Trinajstić information content (AvgIpc) is 2.96. The predicted octanol–water partition coefficient (Wildman–Crippen LogP) is 2.37. The van der Waals surface area contributed by atoms with Gasteiger partial charge in [0.2, 0.25) is 0 Å². The van der Waals surface area contributed by atoms with Gasteiger partial charge in [-0.25, -0.2) is 0 Å². The molecule has 2 nitrogen and oxygen atoms in total. The molecule has 2 heteroatoms. The molecule has 102 valence electrons. The molecule has 0 amide bonds. The standard InChI is InChI=1S/C17H24N2/c1-18-14-10-15-6-7-16(11-14)19(15)17-8-12-4-2-3-5-13(12)9-17/h2-5,14-18H,6-11H2,1H3. The van der Waals surface area contributed by atoms with Crippen molar-refractivity contribution in [3.8, 4) is 0 Å². The second-order valence-corrected chi connectivity index (χ2v) is 6.62. The Bertz CT molecular complexity index is 431. The van der Waals surface area contributed by atoms with Gasteiger partial charge in [0, 0.05) is 24.2 Å². The van der Waals surface area contributed by atoms with Crippen molar-refractivity contribution in [2.45, 2.75) is 62.7 Å². The van der Waals surface area contributed by atoms with E-state index in [0.29, 0.717) is 0 Å². The summed E-state index contributed by atoms with van der Waals surface area (Å²) in [5.41, 5.74) is 3.20. The summed E-state index contributed by atoms with van der Waals surface area (Å²) < 4.78 is 0. The lowest BCUT2D eigenvalue weighted by Crippen LogP contribution is -2.52. The summed E-state index contributed by atoms with van der Waals surface area (Å²) in [6.07, 6.45) is 8.14. The van der Waals surface area contributed by atoms with E-state index >= 15 is 0 Å². The maximum atomic E-state index is 3.51. The second-order valence-electron chi connectivity index (χ2n) is 6.62. The maximum absolute atomic E-state index is 3.51. The highest BCUT2D eigenvalue weighted by atomic mass is 15.3. The van der Waals surface area contributed by atoms with E-state index in [2.05, 4.69) is 41.5 Å². The Hall–Kier alpha value is -0.860. The van der Waals surface area contributed by atoms with Crippen LogP contribution in [0.3, 0.4) is 0 Å². The normalized spacial score (nSPS) is 34.7. The van der Waals surface area contributed by atoms with Crippen molar-refractivity contribution in [1.29, 1.82) is 0 Å². The van der Waals surface area contributed by atoms with Gasteiger partial charge in [-0.3, -0.25) is 4.90 Å². The Labute approximate surface area is 116 Å². The molecule has 1 aromatic carbocycles. The zero-order chi connectivity index (χ0) is 12.8. The van der Waals surface area contributed by atoms with E-state index in [1.165, 1.54) is 38.5 Å². The van der Waals surface area contributed by atoms with Crippen molar-refractivity contribution in [2.75, 3.05) is 7.05 Å². The molecule has 1 N–H and O–H groups in total.